The minimum Gasteiger partial charge on any atom is -0.336 e. The number of aromatic nitrogens is 4. The van der Waals surface area contributed by atoms with E-state index in [1.54, 1.807) is 0 Å². The van der Waals surface area contributed by atoms with Crippen molar-refractivity contribution in [1.29, 1.82) is 0 Å². The first-order valence-corrected chi connectivity index (χ1v) is 9.20. The van der Waals surface area contributed by atoms with Gasteiger partial charge in [0.1, 0.15) is 11.3 Å². The van der Waals surface area contributed by atoms with E-state index in [9.17, 15) is 4.79 Å². The van der Waals surface area contributed by atoms with Crippen molar-refractivity contribution < 1.29 is 4.79 Å². The van der Waals surface area contributed by atoms with Gasteiger partial charge in [-0.1, -0.05) is 6.07 Å². The molecular formula is C19H24N6O. The average Bonchev–Trinajstić information content (AvgIpc) is 3.23. The Morgan fingerprint density at radius 1 is 1.12 bits per heavy atom. The molecule has 4 rings (SSSR count). The summed E-state index contributed by atoms with van der Waals surface area (Å²) in [7, 11) is 0. The molecule has 0 spiro atoms. The van der Waals surface area contributed by atoms with Crippen LogP contribution in [0.1, 0.15) is 29.5 Å². The third-order valence-electron chi connectivity index (χ3n) is 4.86. The van der Waals surface area contributed by atoms with E-state index in [0.29, 0.717) is 5.69 Å². The van der Waals surface area contributed by atoms with Crippen LogP contribution < -0.4 is 0 Å². The topological polar surface area (TPSA) is 58.7 Å². The quantitative estimate of drug-likeness (QED) is 0.720. The van der Waals surface area contributed by atoms with Crippen molar-refractivity contribution in [3.8, 4) is 0 Å². The molecule has 3 aromatic rings. The zero-order chi connectivity index (χ0) is 17.9. The molecule has 0 bridgehead atoms. The fraction of sp³-hybridized carbons (Fsp3) is 0.421. The van der Waals surface area contributed by atoms with E-state index >= 15 is 0 Å². The number of amides is 1. The van der Waals surface area contributed by atoms with Gasteiger partial charge in [0, 0.05) is 57.9 Å². The van der Waals surface area contributed by atoms with Crippen molar-refractivity contribution in [2.45, 2.75) is 26.4 Å². The van der Waals surface area contributed by atoms with Gasteiger partial charge in [0.2, 0.25) is 0 Å². The van der Waals surface area contributed by atoms with Crippen LogP contribution in [0.15, 0.2) is 42.9 Å². The Morgan fingerprint density at radius 3 is 2.85 bits per heavy atom. The SMILES string of the molecule is CCn1ccc(CN2CCCN(C(=O)c3cn4ccccc4n3)CC2)n1. The second-order valence-electron chi connectivity index (χ2n) is 6.68. The Morgan fingerprint density at radius 2 is 2.04 bits per heavy atom. The Labute approximate surface area is 152 Å². The molecule has 0 saturated carbocycles. The molecule has 1 saturated heterocycles. The predicted molar refractivity (Wildman–Crippen MR) is 98.9 cm³/mol. The summed E-state index contributed by atoms with van der Waals surface area (Å²) in [5.74, 6) is 0.0193. The molecule has 0 aromatic carbocycles. The number of rotatable bonds is 4. The summed E-state index contributed by atoms with van der Waals surface area (Å²) in [6.07, 6.45) is 6.72. The van der Waals surface area contributed by atoms with E-state index in [-0.39, 0.29) is 5.91 Å². The molecule has 26 heavy (non-hydrogen) atoms. The summed E-state index contributed by atoms with van der Waals surface area (Å²) in [5.41, 5.74) is 2.41. The molecule has 1 aliphatic rings. The molecule has 4 heterocycles. The zero-order valence-corrected chi connectivity index (χ0v) is 15.1. The summed E-state index contributed by atoms with van der Waals surface area (Å²) < 4.78 is 3.84. The van der Waals surface area contributed by atoms with Crippen molar-refractivity contribution in [3.63, 3.8) is 0 Å². The van der Waals surface area contributed by atoms with Crippen LogP contribution in [0.5, 0.6) is 0 Å². The van der Waals surface area contributed by atoms with E-state index in [2.05, 4.69) is 28.0 Å². The zero-order valence-electron chi connectivity index (χ0n) is 15.1. The minimum absolute atomic E-state index is 0.0193. The maximum atomic E-state index is 12.8. The van der Waals surface area contributed by atoms with Crippen molar-refractivity contribution in [2.75, 3.05) is 26.2 Å². The lowest BCUT2D eigenvalue weighted by Gasteiger charge is -2.20. The standard InChI is InChI=1S/C19H24N6O/c1-2-25-11-7-16(21-25)14-22-8-5-10-23(13-12-22)19(26)17-15-24-9-4-3-6-18(24)20-17/h3-4,6-7,9,11,15H,2,5,8,10,12-14H2,1H3. The number of carbonyl (C=O) groups is 1. The Kier molecular flexibility index (Phi) is 4.71. The Balaban J connectivity index is 1.40. The maximum Gasteiger partial charge on any atom is 0.274 e. The van der Waals surface area contributed by atoms with Crippen LogP contribution in [-0.2, 0) is 13.1 Å². The summed E-state index contributed by atoms with van der Waals surface area (Å²) >= 11 is 0. The van der Waals surface area contributed by atoms with Gasteiger partial charge in [-0.2, -0.15) is 5.10 Å². The normalized spacial score (nSPS) is 16.1. The lowest BCUT2D eigenvalue weighted by molar-refractivity contribution is 0.0756. The summed E-state index contributed by atoms with van der Waals surface area (Å²) in [5, 5.41) is 4.56. The highest BCUT2D eigenvalue weighted by Crippen LogP contribution is 2.12. The summed E-state index contributed by atoms with van der Waals surface area (Å²) in [4.78, 5) is 21.6. The molecule has 0 unspecified atom stereocenters. The Hall–Kier alpha value is -2.67. The highest BCUT2D eigenvalue weighted by molar-refractivity contribution is 5.93. The van der Waals surface area contributed by atoms with Crippen LogP contribution >= 0.6 is 0 Å². The van der Waals surface area contributed by atoms with Gasteiger partial charge in [-0.25, -0.2) is 4.98 Å². The molecule has 0 aliphatic carbocycles. The second-order valence-corrected chi connectivity index (χ2v) is 6.68. The van der Waals surface area contributed by atoms with Crippen molar-refractivity contribution in [2.24, 2.45) is 0 Å². The van der Waals surface area contributed by atoms with Crippen LogP contribution in [-0.4, -0.2) is 61.1 Å². The van der Waals surface area contributed by atoms with E-state index in [4.69, 9.17) is 0 Å². The molecule has 136 valence electrons. The van der Waals surface area contributed by atoms with Crippen LogP contribution in [0.3, 0.4) is 0 Å². The van der Waals surface area contributed by atoms with Gasteiger partial charge in [-0.05, 0) is 31.5 Å². The van der Waals surface area contributed by atoms with Crippen LogP contribution in [0.4, 0.5) is 0 Å². The van der Waals surface area contributed by atoms with Crippen LogP contribution in [0.2, 0.25) is 0 Å². The van der Waals surface area contributed by atoms with Gasteiger partial charge in [-0.3, -0.25) is 14.4 Å². The number of hydrogen-bond donors (Lipinski definition) is 0. The van der Waals surface area contributed by atoms with Crippen LogP contribution in [0, 0.1) is 0 Å². The van der Waals surface area contributed by atoms with Gasteiger partial charge in [-0.15, -0.1) is 0 Å². The number of pyridine rings is 1. The van der Waals surface area contributed by atoms with E-state index in [0.717, 1.165) is 57.0 Å². The molecule has 1 amide bonds. The monoisotopic (exact) mass is 352 g/mol. The molecule has 0 N–H and O–H groups in total. The van der Waals surface area contributed by atoms with Crippen molar-refractivity contribution in [3.05, 3.63) is 54.2 Å². The van der Waals surface area contributed by atoms with Gasteiger partial charge in [0.25, 0.3) is 5.91 Å². The Bertz CT molecular complexity index is 865. The largest absolute Gasteiger partial charge is 0.336 e. The number of fused-ring (bicyclic) bond motifs is 1. The first-order chi connectivity index (χ1) is 12.7. The van der Waals surface area contributed by atoms with Crippen molar-refractivity contribution in [1.82, 2.24) is 29.0 Å². The van der Waals surface area contributed by atoms with E-state index in [1.807, 2.05) is 50.8 Å². The summed E-state index contributed by atoms with van der Waals surface area (Å²) in [6, 6.07) is 7.86. The summed E-state index contributed by atoms with van der Waals surface area (Å²) in [6.45, 7) is 7.15. The van der Waals surface area contributed by atoms with Crippen molar-refractivity contribution >= 4 is 11.6 Å². The number of carbonyl (C=O) groups excluding carboxylic acids is 1. The van der Waals surface area contributed by atoms with Gasteiger partial charge >= 0.3 is 0 Å². The fourth-order valence-corrected chi connectivity index (χ4v) is 3.43. The number of hydrogen-bond acceptors (Lipinski definition) is 4. The number of imidazole rings is 1. The second kappa shape index (κ2) is 7.29. The van der Waals surface area contributed by atoms with Gasteiger partial charge < -0.3 is 9.30 Å². The third kappa shape index (κ3) is 3.48. The number of nitrogens with zero attached hydrogens (tertiary/aromatic N) is 6. The first kappa shape index (κ1) is 16.8. The lowest BCUT2D eigenvalue weighted by Crippen LogP contribution is -2.35. The fourth-order valence-electron chi connectivity index (χ4n) is 3.43. The van der Waals surface area contributed by atoms with Gasteiger partial charge in [0.15, 0.2) is 0 Å². The third-order valence-corrected chi connectivity index (χ3v) is 4.86. The molecule has 0 radical (unpaired) electrons. The molecule has 1 aliphatic heterocycles. The minimum atomic E-state index is 0.0193. The maximum absolute atomic E-state index is 12.8. The molecule has 7 nitrogen and oxygen atoms in total. The molecule has 0 atom stereocenters. The molecule has 7 heteroatoms. The molecule has 3 aromatic heterocycles. The van der Waals surface area contributed by atoms with Gasteiger partial charge in [0.05, 0.1) is 5.69 Å². The smallest absolute Gasteiger partial charge is 0.274 e. The lowest BCUT2D eigenvalue weighted by atomic mass is 10.3. The van der Waals surface area contributed by atoms with E-state index in [1.165, 1.54) is 0 Å². The van der Waals surface area contributed by atoms with Crippen LogP contribution in [0.25, 0.3) is 5.65 Å². The van der Waals surface area contributed by atoms with E-state index < -0.39 is 0 Å². The molecular weight excluding hydrogens is 328 g/mol. The molecule has 1 fully saturated rings. The average molecular weight is 352 g/mol. The predicted octanol–water partition coefficient (Wildman–Crippen LogP) is 1.90. The highest BCUT2D eigenvalue weighted by atomic mass is 16.2. The number of aryl methyl sites for hydroxylation is 1. The highest BCUT2D eigenvalue weighted by Gasteiger charge is 2.22. The first-order valence-electron chi connectivity index (χ1n) is 9.20.